The van der Waals surface area contributed by atoms with Crippen LogP contribution in [-0.4, -0.2) is 32.7 Å². The molecule has 0 spiro atoms. The molecule has 0 unspecified atom stereocenters. The average Bonchev–Trinajstić information content (AvgIpc) is 2.81. The van der Waals surface area contributed by atoms with Gasteiger partial charge in [0, 0.05) is 0 Å². The number of alkyl halides is 6. The topological polar surface area (TPSA) is 102 Å². The number of carboxylic acid groups (broad SMARTS) is 1. The summed E-state index contributed by atoms with van der Waals surface area (Å²) in [6.07, 6.45) is -10.4. The SMILES string of the molecule is O=C(O)c1ccc(OCCOc2ccccc2NS(=O)(=O)c2cc(C(F)(F)F)cc(C(F)(F)F)c2)cc1. The van der Waals surface area contributed by atoms with Crippen molar-refractivity contribution in [2.24, 2.45) is 0 Å². The summed E-state index contributed by atoms with van der Waals surface area (Å²) in [5, 5.41) is 8.88. The molecular weight excluding hydrogens is 532 g/mol. The highest BCUT2D eigenvalue weighted by Crippen LogP contribution is 2.38. The predicted octanol–water partition coefficient (Wildman–Crippen LogP) is 5.68. The molecule has 0 saturated heterocycles. The molecule has 0 aliphatic heterocycles. The van der Waals surface area contributed by atoms with Crippen molar-refractivity contribution in [3.05, 3.63) is 83.4 Å². The van der Waals surface area contributed by atoms with E-state index in [2.05, 4.69) is 0 Å². The molecule has 2 N–H and O–H groups in total. The molecule has 0 heterocycles. The second kappa shape index (κ2) is 10.6. The molecule has 14 heteroatoms. The molecule has 0 atom stereocenters. The lowest BCUT2D eigenvalue weighted by atomic mass is 10.1. The minimum Gasteiger partial charge on any atom is -0.490 e. The third-order valence-electron chi connectivity index (χ3n) is 4.71. The molecule has 0 aromatic heterocycles. The number of sulfonamides is 1. The third-order valence-corrected chi connectivity index (χ3v) is 6.06. The van der Waals surface area contributed by atoms with E-state index in [-0.39, 0.29) is 48.4 Å². The van der Waals surface area contributed by atoms with Crippen molar-refractivity contribution >= 4 is 21.7 Å². The first-order valence-electron chi connectivity index (χ1n) is 10.2. The molecule has 3 aromatic rings. The standard InChI is InChI=1S/C23H17F6NO6S/c24-22(25,26)15-11-16(23(27,28)29)13-18(12-15)37(33,34)30-19-3-1-2-4-20(19)36-10-9-35-17-7-5-14(6-8-17)21(31)32/h1-8,11-13,30H,9-10H2,(H,31,32). The van der Waals surface area contributed by atoms with Crippen LogP contribution in [-0.2, 0) is 22.4 Å². The summed E-state index contributed by atoms with van der Waals surface area (Å²) in [6, 6.07) is 10.9. The number of carbonyl (C=O) groups is 1. The van der Waals surface area contributed by atoms with Gasteiger partial charge in [-0.2, -0.15) is 26.3 Å². The summed E-state index contributed by atoms with van der Waals surface area (Å²) in [5.74, 6) is -0.861. The van der Waals surface area contributed by atoms with Crippen LogP contribution in [0.1, 0.15) is 21.5 Å². The summed E-state index contributed by atoms with van der Waals surface area (Å²) in [6.45, 7) is -0.197. The molecule has 0 amide bonds. The van der Waals surface area contributed by atoms with Gasteiger partial charge in [-0.15, -0.1) is 0 Å². The Balaban J connectivity index is 1.76. The van der Waals surface area contributed by atoms with Gasteiger partial charge in [0.05, 0.1) is 27.3 Å². The largest absolute Gasteiger partial charge is 0.490 e. The Morgan fingerprint density at radius 1 is 0.811 bits per heavy atom. The van der Waals surface area contributed by atoms with Crippen LogP contribution >= 0.6 is 0 Å². The molecule has 198 valence electrons. The van der Waals surface area contributed by atoms with Crippen LogP contribution < -0.4 is 14.2 Å². The number of halogens is 6. The van der Waals surface area contributed by atoms with Crippen LogP contribution in [0.5, 0.6) is 11.5 Å². The first-order chi connectivity index (χ1) is 17.2. The number of nitrogens with one attached hydrogen (secondary N) is 1. The zero-order chi connectivity index (χ0) is 27.4. The number of rotatable bonds is 9. The van der Waals surface area contributed by atoms with Crippen molar-refractivity contribution in [3.8, 4) is 11.5 Å². The van der Waals surface area contributed by atoms with Gasteiger partial charge in [-0.3, -0.25) is 4.72 Å². The van der Waals surface area contributed by atoms with Crippen molar-refractivity contribution in [2.75, 3.05) is 17.9 Å². The fourth-order valence-corrected chi connectivity index (χ4v) is 4.11. The van der Waals surface area contributed by atoms with Gasteiger partial charge in [-0.05, 0) is 54.6 Å². The smallest absolute Gasteiger partial charge is 0.416 e. The van der Waals surface area contributed by atoms with Gasteiger partial charge in [0.2, 0.25) is 0 Å². The predicted molar refractivity (Wildman–Crippen MR) is 118 cm³/mol. The molecule has 7 nitrogen and oxygen atoms in total. The molecular formula is C23H17F6NO6S. The van der Waals surface area contributed by atoms with Gasteiger partial charge in [-0.25, -0.2) is 13.2 Å². The van der Waals surface area contributed by atoms with Crippen molar-refractivity contribution in [2.45, 2.75) is 17.2 Å². The van der Waals surface area contributed by atoms with Gasteiger partial charge in [0.15, 0.2) is 0 Å². The Labute approximate surface area is 206 Å². The first-order valence-corrected chi connectivity index (χ1v) is 11.7. The van der Waals surface area contributed by atoms with Gasteiger partial charge >= 0.3 is 18.3 Å². The molecule has 3 rings (SSSR count). The lowest BCUT2D eigenvalue weighted by Crippen LogP contribution is -2.18. The summed E-state index contributed by atoms with van der Waals surface area (Å²) >= 11 is 0. The molecule has 0 radical (unpaired) electrons. The van der Waals surface area contributed by atoms with Crippen molar-refractivity contribution in [1.29, 1.82) is 0 Å². The number of ether oxygens (including phenoxy) is 2. The first kappa shape index (κ1) is 27.6. The number of hydrogen-bond acceptors (Lipinski definition) is 5. The average molecular weight is 549 g/mol. The van der Waals surface area contributed by atoms with Crippen molar-refractivity contribution < 1.29 is 54.1 Å². The summed E-state index contributed by atoms with van der Waals surface area (Å²) in [7, 11) is -4.90. The quantitative estimate of drug-likeness (QED) is 0.263. The Morgan fingerprint density at radius 3 is 1.89 bits per heavy atom. The number of aromatic carboxylic acids is 1. The third kappa shape index (κ3) is 7.29. The van der Waals surface area contributed by atoms with Gasteiger partial charge in [0.1, 0.15) is 24.7 Å². The van der Waals surface area contributed by atoms with Crippen LogP contribution in [0.15, 0.2) is 71.6 Å². The van der Waals surface area contributed by atoms with Crippen LogP contribution in [0, 0.1) is 0 Å². The highest BCUT2D eigenvalue weighted by molar-refractivity contribution is 7.92. The molecule has 0 fully saturated rings. The number of anilines is 1. The lowest BCUT2D eigenvalue weighted by Gasteiger charge is -2.16. The van der Waals surface area contributed by atoms with E-state index < -0.39 is 44.4 Å². The number of benzene rings is 3. The maximum atomic E-state index is 13.1. The highest BCUT2D eigenvalue weighted by Gasteiger charge is 2.38. The zero-order valence-corrected chi connectivity index (χ0v) is 19.2. The minimum absolute atomic E-state index is 0.0490. The Bertz CT molecular complexity index is 1340. The highest BCUT2D eigenvalue weighted by atomic mass is 32.2. The Hall–Kier alpha value is -3.94. The monoisotopic (exact) mass is 549 g/mol. The van der Waals surface area contributed by atoms with Crippen LogP contribution in [0.3, 0.4) is 0 Å². The lowest BCUT2D eigenvalue weighted by molar-refractivity contribution is -0.143. The normalized spacial score (nSPS) is 12.2. The summed E-state index contributed by atoms with van der Waals surface area (Å²) < 4.78 is 117. The second-order valence-electron chi connectivity index (χ2n) is 7.37. The van der Waals surface area contributed by atoms with Gasteiger partial charge in [0.25, 0.3) is 10.0 Å². The summed E-state index contributed by atoms with van der Waals surface area (Å²) in [4.78, 5) is 9.62. The molecule has 37 heavy (non-hydrogen) atoms. The Morgan fingerprint density at radius 2 is 1.35 bits per heavy atom. The number of hydrogen-bond donors (Lipinski definition) is 2. The van der Waals surface area contributed by atoms with Crippen LogP contribution in [0.2, 0.25) is 0 Å². The van der Waals surface area contributed by atoms with E-state index in [9.17, 15) is 39.6 Å². The number of para-hydroxylation sites is 2. The van der Waals surface area contributed by atoms with E-state index in [0.717, 1.165) is 0 Å². The van der Waals surface area contributed by atoms with Crippen molar-refractivity contribution in [3.63, 3.8) is 0 Å². The van der Waals surface area contributed by atoms with E-state index in [4.69, 9.17) is 14.6 Å². The van der Waals surface area contributed by atoms with E-state index >= 15 is 0 Å². The van der Waals surface area contributed by atoms with E-state index in [1.807, 2.05) is 4.72 Å². The fourth-order valence-electron chi connectivity index (χ4n) is 2.97. The van der Waals surface area contributed by atoms with Crippen molar-refractivity contribution in [1.82, 2.24) is 0 Å². The molecule has 0 aliphatic rings. The molecule has 0 saturated carbocycles. The van der Waals surface area contributed by atoms with Gasteiger partial charge < -0.3 is 14.6 Å². The molecule has 0 aliphatic carbocycles. The molecule has 0 bridgehead atoms. The maximum absolute atomic E-state index is 13.1. The molecule has 3 aromatic carbocycles. The van der Waals surface area contributed by atoms with Gasteiger partial charge in [-0.1, -0.05) is 12.1 Å². The fraction of sp³-hybridized carbons (Fsp3) is 0.174. The minimum atomic E-state index is -5.22. The van der Waals surface area contributed by atoms with Crippen LogP contribution in [0.4, 0.5) is 32.0 Å². The van der Waals surface area contributed by atoms with E-state index in [1.54, 1.807) is 0 Å². The zero-order valence-electron chi connectivity index (χ0n) is 18.4. The number of carboxylic acids is 1. The summed E-state index contributed by atoms with van der Waals surface area (Å²) in [5.41, 5.74) is -3.74. The van der Waals surface area contributed by atoms with E-state index in [0.29, 0.717) is 5.75 Å². The Kier molecular flexibility index (Phi) is 7.91. The second-order valence-corrected chi connectivity index (χ2v) is 9.05. The maximum Gasteiger partial charge on any atom is 0.416 e. The van der Waals surface area contributed by atoms with Crippen LogP contribution in [0.25, 0.3) is 0 Å². The van der Waals surface area contributed by atoms with E-state index in [1.165, 1.54) is 48.5 Å².